The van der Waals surface area contributed by atoms with Crippen LogP contribution in [-0.4, -0.2) is 35.2 Å². The van der Waals surface area contributed by atoms with Gasteiger partial charge in [0.25, 0.3) is 5.91 Å². The van der Waals surface area contributed by atoms with E-state index in [0.29, 0.717) is 12.1 Å². The number of fused-ring (bicyclic) bond motifs is 1. The molecule has 96 valence electrons. The number of carbonyl (C=O) groups is 1. The lowest BCUT2D eigenvalue weighted by Crippen LogP contribution is -2.27. The van der Waals surface area contributed by atoms with Gasteiger partial charge in [-0.2, -0.15) is 5.10 Å². The molecular formula is C13H18N4O. The lowest BCUT2D eigenvalue weighted by molar-refractivity contribution is 0.0955. The van der Waals surface area contributed by atoms with Crippen LogP contribution in [0.15, 0.2) is 30.6 Å². The van der Waals surface area contributed by atoms with E-state index in [1.165, 1.54) is 0 Å². The fourth-order valence-electron chi connectivity index (χ4n) is 1.80. The number of carbonyl (C=O) groups excluding carboxylic acids is 1. The van der Waals surface area contributed by atoms with Gasteiger partial charge in [0.15, 0.2) is 0 Å². The second-order valence-corrected chi connectivity index (χ2v) is 4.05. The number of nitrogens with zero attached hydrogens (tertiary/aromatic N) is 2. The number of rotatable bonds is 6. The minimum Gasteiger partial charge on any atom is -0.352 e. The summed E-state index contributed by atoms with van der Waals surface area (Å²) in [6.07, 6.45) is 4.37. The van der Waals surface area contributed by atoms with E-state index in [1.807, 2.05) is 24.4 Å². The molecule has 5 nitrogen and oxygen atoms in total. The van der Waals surface area contributed by atoms with E-state index in [4.69, 9.17) is 0 Å². The molecular weight excluding hydrogens is 228 g/mol. The molecule has 1 amide bonds. The lowest BCUT2D eigenvalue weighted by Gasteiger charge is -2.04. The van der Waals surface area contributed by atoms with Crippen molar-refractivity contribution >= 4 is 11.4 Å². The SMILES string of the molecule is CCNCCCNC(=O)c1cnn2ccccc12. The smallest absolute Gasteiger partial charge is 0.255 e. The maximum absolute atomic E-state index is 12.0. The van der Waals surface area contributed by atoms with Crippen molar-refractivity contribution in [1.82, 2.24) is 20.2 Å². The van der Waals surface area contributed by atoms with Gasteiger partial charge in [-0.25, -0.2) is 4.52 Å². The Balaban J connectivity index is 1.93. The predicted octanol–water partition coefficient (Wildman–Crippen LogP) is 1.06. The van der Waals surface area contributed by atoms with E-state index in [1.54, 1.807) is 10.7 Å². The van der Waals surface area contributed by atoms with E-state index in [-0.39, 0.29) is 5.91 Å². The van der Waals surface area contributed by atoms with Crippen molar-refractivity contribution in [3.63, 3.8) is 0 Å². The van der Waals surface area contributed by atoms with Gasteiger partial charge in [0.05, 0.1) is 17.3 Å². The molecule has 0 spiro atoms. The van der Waals surface area contributed by atoms with Gasteiger partial charge in [0, 0.05) is 12.7 Å². The molecule has 0 aromatic carbocycles. The normalized spacial score (nSPS) is 10.7. The predicted molar refractivity (Wildman–Crippen MR) is 70.7 cm³/mol. The average molecular weight is 246 g/mol. The van der Waals surface area contributed by atoms with Gasteiger partial charge >= 0.3 is 0 Å². The van der Waals surface area contributed by atoms with E-state index in [0.717, 1.165) is 25.0 Å². The van der Waals surface area contributed by atoms with E-state index in [9.17, 15) is 4.79 Å². The monoisotopic (exact) mass is 246 g/mol. The molecule has 0 saturated heterocycles. The molecule has 0 saturated carbocycles. The lowest BCUT2D eigenvalue weighted by atomic mass is 10.2. The Kier molecular flexibility index (Phi) is 4.30. The highest BCUT2D eigenvalue weighted by Crippen LogP contribution is 2.09. The first-order valence-electron chi connectivity index (χ1n) is 6.24. The molecule has 0 fully saturated rings. The van der Waals surface area contributed by atoms with Crippen molar-refractivity contribution in [2.75, 3.05) is 19.6 Å². The molecule has 2 heterocycles. The van der Waals surface area contributed by atoms with Gasteiger partial charge < -0.3 is 10.6 Å². The average Bonchev–Trinajstić information content (AvgIpc) is 2.82. The fraction of sp³-hybridized carbons (Fsp3) is 0.385. The molecule has 2 aromatic heterocycles. The first-order chi connectivity index (χ1) is 8.83. The van der Waals surface area contributed by atoms with Gasteiger partial charge in [-0.1, -0.05) is 13.0 Å². The van der Waals surface area contributed by atoms with Crippen LogP contribution in [0.25, 0.3) is 5.52 Å². The Labute approximate surface area is 106 Å². The van der Waals surface area contributed by atoms with Crippen LogP contribution in [0.5, 0.6) is 0 Å². The second-order valence-electron chi connectivity index (χ2n) is 4.05. The minimum absolute atomic E-state index is 0.0623. The highest BCUT2D eigenvalue weighted by Gasteiger charge is 2.10. The van der Waals surface area contributed by atoms with Crippen LogP contribution in [-0.2, 0) is 0 Å². The number of hydrogen-bond acceptors (Lipinski definition) is 3. The highest BCUT2D eigenvalue weighted by molar-refractivity contribution is 6.00. The molecule has 2 rings (SSSR count). The summed E-state index contributed by atoms with van der Waals surface area (Å²) in [5.41, 5.74) is 1.46. The molecule has 5 heteroatoms. The van der Waals surface area contributed by atoms with Crippen molar-refractivity contribution in [1.29, 1.82) is 0 Å². The van der Waals surface area contributed by atoms with E-state index < -0.39 is 0 Å². The fourth-order valence-corrected chi connectivity index (χ4v) is 1.80. The molecule has 0 atom stereocenters. The van der Waals surface area contributed by atoms with Crippen molar-refractivity contribution in [3.8, 4) is 0 Å². The van der Waals surface area contributed by atoms with Crippen LogP contribution in [0.3, 0.4) is 0 Å². The first-order valence-corrected chi connectivity index (χ1v) is 6.24. The third kappa shape index (κ3) is 2.87. The summed E-state index contributed by atoms with van der Waals surface area (Å²) in [5.74, 6) is -0.0623. The van der Waals surface area contributed by atoms with Gasteiger partial charge in [0.2, 0.25) is 0 Å². The Morgan fingerprint density at radius 1 is 1.39 bits per heavy atom. The van der Waals surface area contributed by atoms with Gasteiger partial charge in [0.1, 0.15) is 0 Å². The molecule has 0 aliphatic heterocycles. The van der Waals surface area contributed by atoms with E-state index in [2.05, 4.69) is 22.7 Å². The minimum atomic E-state index is -0.0623. The van der Waals surface area contributed by atoms with Crippen LogP contribution in [0.2, 0.25) is 0 Å². The zero-order chi connectivity index (χ0) is 12.8. The summed E-state index contributed by atoms with van der Waals surface area (Å²) < 4.78 is 1.70. The molecule has 0 unspecified atom stereocenters. The summed E-state index contributed by atoms with van der Waals surface area (Å²) in [7, 11) is 0. The third-order valence-electron chi connectivity index (χ3n) is 2.74. The van der Waals surface area contributed by atoms with Crippen LogP contribution < -0.4 is 10.6 Å². The summed E-state index contributed by atoms with van der Waals surface area (Å²) in [5, 5.41) is 10.3. The summed E-state index contributed by atoms with van der Waals surface area (Å²) in [6.45, 7) is 4.63. The van der Waals surface area contributed by atoms with Crippen molar-refractivity contribution in [3.05, 3.63) is 36.2 Å². The number of nitrogens with one attached hydrogen (secondary N) is 2. The van der Waals surface area contributed by atoms with Gasteiger partial charge in [-0.3, -0.25) is 4.79 Å². The largest absolute Gasteiger partial charge is 0.352 e. The molecule has 18 heavy (non-hydrogen) atoms. The zero-order valence-corrected chi connectivity index (χ0v) is 10.5. The van der Waals surface area contributed by atoms with Crippen molar-refractivity contribution < 1.29 is 4.79 Å². The second kappa shape index (κ2) is 6.16. The Morgan fingerprint density at radius 2 is 2.28 bits per heavy atom. The number of aromatic nitrogens is 2. The number of hydrogen-bond donors (Lipinski definition) is 2. The molecule has 0 bridgehead atoms. The maximum Gasteiger partial charge on any atom is 0.255 e. The van der Waals surface area contributed by atoms with Gasteiger partial charge in [-0.05, 0) is 31.6 Å². The van der Waals surface area contributed by atoms with Crippen molar-refractivity contribution in [2.45, 2.75) is 13.3 Å². The molecule has 0 aliphatic rings. The van der Waals surface area contributed by atoms with Crippen LogP contribution >= 0.6 is 0 Å². The molecule has 0 aliphatic carbocycles. The van der Waals surface area contributed by atoms with Crippen molar-refractivity contribution in [2.24, 2.45) is 0 Å². The van der Waals surface area contributed by atoms with Crippen LogP contribution in [0.4, 0.5) is 0 Å². The molecule has 2 aromatic rings. The standard InChI is InChI=1S/C13H18N4O/c1-2-14-7-5-8-15-13(18)11-10-16-17-9-4-3-6-12(11)17/h3-4,6,9-10,14H,2,5,7-8H2,1H3,(H,15,18). The number of amides is 1. The van der Waals surface area contributed by atoms with E-state index >= 15 is 0 Å². The Morgan fingerprint density at radius 3 is 3.11 bits per heavy atom. The Hall–Kier alpha value is -1.88. The summed E-state index contributed by atoms with van der Waals surface area (Å²) in [6, 6.07) is 5.68. The number of pyridine rings is 1. The first kappa shape index (κ1) is 12.6. The molecule has 2 N–H and O–H groups in total. The maximum atomic E-state index is 12.0. The summed E-state index contributed by atoms with van der Waals surface area (Å²) in [4.78, 5) is 12.0. The Bertz CT molecular complexity index is 520. The zero-order valence-electron chi connectivity index (χ0n) is 10.5. The highest BCUT2D eigenvalue weighted by atomic mass is 16.1. The quantitative estimate of drug-likeness (QED) is 0.749. The summed E-state index contributed by atoms with van der Waals surface area (Å²) >= 11 is 0. The third-order valence-corrected chi connectivity index (χ3v) is 2.74. The van der Waals surface area contributed by atoms with Crippen LogP contribution in [0.1, 0.15) is 23.7 Å². The van der Waals surface area contributed by atoms with Gasteiger partial charge in [-0.15, -0.1) is 0 Å². The molecule has 0 radical (unpaired) electrons. The topological polar surface area (TPSA) is 58.4 Å². The van der Waals surface area contributed by atoms with Crippen LogP contribution in [0, 0.1) is 0 Å².